The smallest absolute Gasteiger partial charge is 0.122 e. The number of pyridine rings is 1. The van der Waals surface area contributed by atoms with Crippen LogP contribution in [-0.2, 0) is 6.54 Å². The SMILES string of the molecule is COc1cc(C)nc(CNc2cccc(Br)c2C)c1. The normalized spacial score (nSPS) is 10.3. The molecule has 1 aromatic carbocycles. The van der Waals surface area contributed by atoms with Crippen LogP contribution >= 0.6 is 15.9 Å². The molecule has 0 fully saturated rings. The molecular formula is C15H17BrN2O. The molecule has 3 nitrogen and oxygen atoms in total. The molecule has 2 rings (SSSR count). The van der Waals surface area contributed by atoms with E-state index in [0.717, 1.165) is 27.3 Å². The Morgan fingerprint density at radius 1 is 1.26 bits per heavy atom. The number of aromatic nitrogens is 1. The molecule has 0 saturated heterocycles. The van der Waals surface area contributed by atoms with Crippen molar-refractivity contribution in [1.29, 1.82) is 0 Å². The number of hydrogen-bond acceptors (Lipinski definition) is 3. The first-order valence-electron chi connectivity index (χ1n) is 6.10. The zero-order valence-corrected chi connectivity index (χ0v) is 12.9. The van der Waals surface area contributed by atoms with Crippen molar-refractivity contribution in [3.05, 3.63) is 51.8 Å². The van der Waals surface area contributed by atoms with Crippen molar-refractivity contribution in [2.45, 2.75) is 20.4 Å². The van der Waals surface area contributed by atoms with E-state index in [1.807, 2.05) is 31.2 Å². The van der Waals surface area contributed by atoms with Crippen LogP contribution in [-0.4, -0.2) is 12.1 Å². The summed E-state index contributed by atoms with van der Waals surface area (Å²) >= 11 is 3.53. The third kappa shape index (κ3) is 3.47. The molecule has 0 amide bonds. The highest BCUT2D eigenvalue weighted by Crippen LogP contribution is 2.24. The number of rotatable bonds is 4. The summed E-state index contributed by atoms with van der Waals surface area (Å²) in [5.74, 6) is 0.843. The average molecular weight is 321 g/mol. The van der Waals surface area contributed by atoms with Crippen molar-refractivity contribution in [2.75, 3.05) is 12.4 Å². The van der Waals surface area contributed by atoms with E-state index < -0.39 is 0 Å². The van der Waals surface area contributed by atoms with Crippen LogP contribution < -0.4 is 10.1 Å². The molecule has 0 atom stereocenters. The van der Waals surface area contributed by atoms with Gasteiger partial charge in [-0.3, -0.25) is 4.98 Å². The zero-order valence-electron chi connectivity index (χ0n) is 11.3. The van der Waals surface area contributed by atoms with Gasteiger partial charge < -0.3 is 10.1 Å². The molecule has 1 heterocycles. The third-order valence-electron chi connectivity index (χ3n) is 2.94. The lowest BCUT2D eigenvalue weighted by Crippen LogP contribution is -2.04. The number of benzene rings is 1. The lowest BCUT2D eigenvalue weighted by Gasteiger charge is -2.11. The molecule has 1 aromatic heterocycles. The monoisotopic (exact) mass is 320 g/mol. The summed E-state index contributed by atoms with van der Waals surface area (Å²) in [7, 11) is 1.67. The van der Waals surface area contributed by atoms with Gasteiger partial charge in [-0.15, -0.1) is 0 Å². The van der Waals surface area contributed by atoms with Gasteiger partial charge in [-0.25, -0.2) is 0 Å². The van der Waals surface area contributed by atoms with Gasteiger partial charge >= 0.3 is 0 Å². The molecule has 0 spiro atoms. The Hall–Kier alpha value is -1.55. The Bertz CT molecular complexity index is 584. The molecule has 100 valence electrons. The minimum atomic E-state index is 0.676. The number of ether oxygens (including phenoxy) is 1. The summed E-state index contributed by atoms with van der Waals surface area (Å²) in [4.78, 5) is 4.49. The number of anilines is 1. The molecule has 0 aliphatic carbocycles. The van der Waals surface area contributed by atoms with Gasteiger partial charge in [0.25, 0.3) is 0 Å². The highest BCUT2D eigenvalue weighted by Gasteiger charge is 2.04. The van der Waals surface area contributed by atoms with Crippen LogP contribution in [0, 0.1) is 13.8 Å². The number of halogens is 1. The summed E-state index contributed by atoms with van der Waals surface area (Å²) in [5.41, 5.74) is 4.23. The highest BCUT2D eigenvalue weighted by atomic mass is 79.9. The van der Waals surface area contributed by atoms with Crippen LogP contribution in [0.3, 0.4) is 0 Å². The van der Waals surface area contributed by atoms with Crippen molar-refractivity contribution in [1.82, 2.24) is 4.98 Å². The largest absolute Gasteiger partial charge is 0.497 e. The number of aryl methyl sites for hydroxylation is 1. The molecule has 0 unspecified atom stereocenters. The predicted octanol–water partition coefficient (Wildman–Crippen LogP) is 4.08. The van der Waals surface area contributed by atoms with Crippen LogP contribution in [0.4, 0.5) is 5.69 Å². The molecule has 0 radical (unpaired) electrons. The van der Waals surface area contributed by atoms with Crippen LogP contribution in [0.1, 0.15) is 17.0 Å². The van der Waals surface area contributed by atoms with Crippen molar-refractivity contribution in [3.8, 4) is 5.75 Å². The topological polar surface area (TPSA) is 34.1 Å². The molecule has 2 aromatic rings. The fourth-order valence-corrected chi connectivity index (χ4v) is 2.26. The van der Waals surface area contributed by atoms with Crippen LogP contribution in [0.15, 0.2) is 34.8 Å². The third-order valence-corrected chi connectivity index (χ3v) is 3.80. The molecule has 19 heavy (non-hydrogen) atoms. The summed E-state index contributed by atoms with van der Waals surface area (Å²) in [6.07, 6.45) is 0. The van der Waals surface area contributed by atoms with Gasteiger partial charge in [-0.05, 0) is 31.5 Å². The minimum absolute atomic E-state index is 0.676. The summed E-state index contributed by atoms with van der Waals surface area (Å²) in [6, 6.07) is 9.99. The number of methoxy groups -OCH3 is 1. The standard InChI is InChI=1S/C15H17BrN2O/c1-10-7-13(19-3)8-12(18-10)9-17-15-6-4-5-14(16)11(15)2/h4-8,17H,9H2,1-3H3. The molecule has 4 heteroatoms. The summed E-state index contributed by atoms with van der Waals surface area (Å²) in [6.45, 7) is 4.72. The first kappa shape index (κ1) is 13.9. The van der Waals surface area contributed by atoms with Gasteiger partial charge in [0.15, 0.2) is 0 Å². The highest BCUT2D eigenvalue weighted by molar-refractivity contribution is 9.10. The number of hydrogen-bond donors (Lipinski definition) is 1. The van der Waals surface area contributed by atoms with E-state index in [2.05, 4.69) is 39.2 Å². The van der Waals surface area contributed by atoms with Crippen molar-refractivity contribution >= 4 is 21.6 Å². The van der Waals surface area contributed by atoms with Gasteiger partial charge in [0, 0.05) is 28.0 Å². The van der Waals surface area contributed by atoms with Crippen LogP contribution in [0.5, 0.6) is 5.75 Å². The second-order valence-corrected chi connectivity index (χ2v) is 5.26. The second kappa shape index (κ2) is 6.06. The fraction of sp³-hybridized carbons (Fsp3) is 0.267. The van der Waals surface area contributed by atoms with Gasteiger partial charge in [0.05, 0.1) is 19.3 Å². The Morgan fingerprint density at radius 3 is 2.79 bits per heavy atom. The van der Waals surface area contributed by atoms with Crippen molar-refractivity contribution in [3.63, 3.8) is 0 Å². The maximum atomic E-state index is 5.26. The Labute approximate surface area is 122 Å². The van der Waals surface area contributed by atoms with Crippen LogP contribution in [0.25, 0.3) is 0 Å². The van der Waals surface area contributed by atoms with Gasteiger partial charge in [-0.1, -0.05) is 22.0 Å². The van der Waals surface area contributed by atoms with Crippen molar-refractivity contribution in [2.24, 2.45) is 0 Å². The first-order valence-corrected chi connectivity index (χ1v) is 6.90. The Balaban J connectivity index is 2.14. The summed E-state index contributed by atoms with van der Waals surface area (Å²) in [5, 5.41) is 3.40. The molecule has 1 N–H and O–H groups in total. The second-order valence-electron chi connectivity index (χ2n) is 4.41. The predicted molar refractivity (Wildman–Crippen MR) is 81.7 cm³/mol. The van der Waals surface area contributed by atoms with Gasteiger partial charge in [0.1, 0.15) is 5.75 Å². The molecular weight excluding hydrogens is 304 g/mol. The van der Waals surface area contributed by atoms with Crippen molar-refractivity contribution < 1.29 is 4.74 Å². The molecule has 0 bridgehead atoms. The first-order chi connectivity index (χ1) is 9.10. The van der Waals surface area contributed by atoms with Gasteiger partial charge in [0.2, 0.25) is 0 Å². The van der Waals surface area contributed by atoms with E-state index in [1.54, 1.807) is 7.11 Å². The lowest BCUT2D eigenvalue weighted by molar-refractivity contribution is 0.413. The van der Waals surface area contributed by atoms with E-state index in [4.69, 9.17) is 4.74 Å². The van der Waals surface area contributed by atoms with E-state index in [1.165, 1.54) is 5.56 Å². The molecule has 0 aliphatic heterocycles. The van der Waals surface area contributed by atoms with E-state index in [0.29, 0.717) is 6.54 Å². The van der Waals surface area contributed by atoms with Crippen LogP contribution in [0.2, 0.25) is 0 Å². The Morgan fingerprint density at radius 2 is 2.05 bits per heavy atom. The number of nitrogens with zero attached hydrogens (tertiary/aromatic N) is 1. The fourth-order valence-electron chi connectivity index (χ4n) is 1.90. The molecule has 0 saturated carbocycles. The van der Waals surface area contributed by atoms with E-state index in [-0.39, 0.29) is 0 Å². The minimum Gasteiger partial charge on any atom is -0.497 e. The molecule has 0 aliphatic rings. The number of nitrogens with one attached hydrogen (secondary N) is 1. The van der Waals surface area contributed by atoms with E-state index >= 15 is 0 Å². The maximum absolute atomic E-state index is 5.26. The zero-order chi connectivity index (χ0) is 13.8. The summed E-state index contributed by atoms with van der Waals surface area (Å²) < 4.78 is 6.36. The Kier molecular flexibility index (Phi) is 4.43. The quantitative estimate of drug-likeness (QED) is 0.921. The van der Waals surface area contributed by atoms with E-state index in [9.17, 15) is 0 Å². The lowest BCUT2D eigenvalue weighted by atomic mass is 10.2. The average Bonchev–Trinajstić information content (AvgIpc) is 2.40. The van der Waals surface area contributed by atoms with Gasteiger partial charge in [-0.2, -0.15) is 0 Å². The maximum Gasteiger partial charge on any atom is 0.122 e.